The van der Waals surface area contributed by atoms with Crippen LogP contribution >= 0.6 is 23.2 Å². The average Bonchev–Trinajstić information content (AvgIpc) is 2.80. The smallest absolute Gasteiger partial charge is 0.412 e. The Morgan fingerprint density at radius 1 is 1.13 bits per heavy atom. The minimum absolute atomic E-state index is 0.491. The summed E-state index contributed by atoms with van der Waals surface area (Å²) >= 11 is 12.1. The fourth-order valence-electron chi connectivity index (χ4n) is 3.03. The van der Waals surface area contributed by atoms with E-state index >= 15 is 0 Å². The van der Waals surface area contributed by atoms with Crippen molar-refractivity contribution in [2.45, 2.75) is 26.4 Å². The Balaban J connectivity index is 1.90. The molecule has 7 heteroatoms. The molecule has 1 amide bonds. The zero-order chi connectivity index (χ0) is 21.9. The van der Waals surface area contributed by atoms with Gasteiger partial charge in [-0.05, 0) is 62.7 Å². The summed E-state index contributed by atoms with van der Waals surface area (Å²) in [5.74, 6) is 0. The van der Waals surface area contributed by atoms with Gasteiger partial charge in [0.2, 0.25) is 0 Å². The van der Waals surface area contributed by atoms with E-state index in [1.165, 1.54) is 0 Å². The summed E-state index contributed by atoms with van der Waals surface area (Å²) < 4.78 is 5.36. The van der Waals surface area contributed by atoms with Crippen LogP contribution in [-0.4, -0.2) is 37.5 Å². The maximum absolute atomic E-state index is 12.2. The Bertz CT molecular complexity index is 1010. The van der Waals surface area contributed by atoms with Gasteiger partial charge in [-0.1, -0.05) is 35.3 Å². The molecule has 5 nitrogen and oxygen atoms in total. The second kappa shape index (κ2) is 9.11. The molecule has 2 aromatic carbocycles. The molecule has 0 aromatic heterocycles. The first-order chi connectivity index (χ1) is 14.1. The summed E-state index contributed by atoms with van der Waals surface area (Å²) in [5, 5.41) is 3.83. The highest BCUT2D eigenvalue weighted by molar-refractivity contribution is 6.42. The Morgan fingerprint density at radius 2 is 1.90 bits per heavy atom. The number of allylic oxidation sites excluding steroid dienone is 1. The number of benzodiazepines with no additional fused rings is 1. The van der Waals surface area contributed by atoms with E-state index in [1.807, 2.05) is 70.3 Å². The number of fused-ring (bicyclic) bond motifs is 1. The van der Waals surface area contributed by atoms with Crippen LogP contribution in [0, 0.1) is 0 Å². The zero-order valence-corrected chi connectivity index (χ0v) is 19.0. The van der Waals surface area contributed by atoms with E-state index in [9.17, 15) is 4.79 Å². The lowest BCUT2D eigenvalue weighted by Crippen LogP contribution is -2.27. The molecule has 0 fully saturated rings. The summed E-state index contributed by atoms with van der Waals surface area (Å²) in [6, 6.07) is 11.2. The highest BCUT2D eigenvalue weighted by atomic mass is 35.5. The number of benzene rings is 2. The summed E-state index contributed by atoms with van der Waals surface area (Å²) in [7, 11) is 2.03. The second-order valence-corrected chi connectivity index (χ2v) is 8.87. The molecule has 1 N–H and O–H groups in total. The molecule has 0 unspecified atom stereocenters. The van der Waals surface area contributed by atoms with Gasteiger partial charge < -0.3 is 9.64 Å². The van der Waals surface area contributed by atoms with Gasteiger partial charge in [0.1, 0.15) is 5.60 Å². The van der Waals surface area contributed by atoms with Gasteiger partial charge in [0.25, 0.3) is 0 Å². The average molecular weight is 446 g/mol. The number of nitrogens with zero attached hydrogens (tertiary/aromatic N) is 2. The van der Waals surface area contributed by atoms with Gasteiger partial charge in [0.05, 0.1) is 22.3 Å². The number of likely N-dealkylation sites (N-methyl/N-ethyl adjacent to an activating group) is 1. The van der Waals surface area contributed by atoms with Gasteiger partial charge >= 0.3 is 6.09 Å². The van der Waals surface area contributed by atoms with Crippen LogP contribution in [-0.2, 0) is 4.74 Å². The zero-order valence-electron chi connectivity index (χ0n) is 17.5. The Kier molecular flexibility index (Phi) is 6.74. The Labute approximate surface area is 187 Å². The normalized spacial score (nSPS) is 14.2. The van der Waals surface area contributed by atoms with Crippen LogP contribution in [0.5, 0.6) is 0 Å². The van der Waals surface area contributed by atoms with Crippen molar-refractivity contribution in [3.8, 4) is 0 Å². The molecule has 0 saturated carbocycles. The van der Waals surface area contributed by atoms with Crippen molar-refractivity contribution in [1.29, 1.82) is 0 Å². The lowest BCUT2D eigenvalue weighted by Gasteiger charge is -2.21. The van der Waals surface area contributed by atoms with Crippen molar-refractivity contribution in [1.82, 2.24) is 0 Å². The summed E-state index contributed by atoms with van der Waals surface area (Å²) in [6.45, 7) is 6.96. The van der Waals surface area contributed by atoms with Gasteiger partial charge in [-0.15, -0.1) is 0 Å². The van der Waals surface area contributed by atoms with Gasteiger partial charge in [-0.3, -0.25) is 10.3 Å². The molecule has 0 aliphatic carbocycles. The van der Waals surface area contributed by atoms with Crippen LogP contribution in [0.1, 0.15) is 31.9 Å². The largest absolute Gasteiger partial charge is 0.444 e. The van der Waals surface area contributed by atoms with Gasteiger partial charge in [-0.25, -0.2) is 4.79 Å². The number of amides is 1. The number of ether oxygens (including phenoxy) is 1. The number of carbonyl (C=O) groups excluding carboxylic acids is 1. The Hall–Kier alpha value is -2.50. The summed E-state index contributed by atoms with van der Waals surface area (Å²) in [6.07, 6.45) is 3.41. The highest BCUT2D eigenvalue weighted by Gasteiger charge is 2.19. The predicted molar refractivity (Wildman–Crippen MR) is 126 cm³/mol. The van der Waals surface area contributed by atoms with E-state index in [1.54, 1.807) is 6.07 Å². The molecular formula is C23H25Cl2N3O2. The molecule has 2 aromatic rings. The summed E-state index contributed by atoms with van der Waals surface area (Å²) in [4.78, 5) is 19.1. The lowest BCUT2D eigenvalue weighted by molar-refractivity contribution is 0.0636. The molecular weight excluding hydrogens is 421 g/mol. The molecule has 0 spiro atoms. The minimum Gasteiger partial charge on any atom is -0.444 e. The van der Waals surface area contributed by atoms with Crippen molar-refractivity contribution in [2.75, 3.05) is 30.4 Å². The molecule has 1 aliphatic rings. The van der Waals surface area contributed by atoms with Crippen molar-refractivity contribution in [2.24, 2.45) is 4.99 Å². The van der Waals surface area contributed by atoms with Crippen molar-refractivity contribution < 1.29 is 9.53 Å². The van der Waals surface area contributed by atoms with Crippen LogP contribution in [0.15, 0.2) is 47.5 Å². The van der Waals surface area contributed by atoms with E-state index in [4.69, 9.17) is 32.9 Å². The SMILES string of the molecule is CN1CCN=C(/C=C/c2ccc(Cl)c(Cl)c2)c2cc(NC(=O)OC(C)(C)C)ccc21. The Morgan fingerprint density at radius 3 is 2.60 bits per heavy atom. The number of halogens is 2. The van der Waals surface area contributed by atoms with Crippen molar-refractivity contribution in [3.05, 3.63) is 63.6 Å². The van der Waals surface area contributed by atoms with Crippen LogP contribution in [0.4, 0.5) is 16.2 Å². The number of anilines is 2. The molecule has 0 atom stereocenters. The first kappa shape index (κ1) is 22.2. The van der Waals surface area contributed by atoms with E-state index in [2.05, 4.69) is 10.2 Å². The van der Waals surface area contributed by atoms with Crippen LogP contribution in [0.25, 0.3) is 6.08 Å². The van der Waals surface area contributed by atoms with Crippen LogP contribution in [0.2, 0.25) is 10.0 Å². The van der Waals surface area contributed by atoms with Gasteiger partial charge in [0, 0.05) is 30.5 Å². The highest BCUT2D eigenvalue weighted by Crippen LogP contribution is 2.28. The lowest BCUT2D eigenvalue weighted by atomic mass is 10.0. The molecule has 0 bridgehead atoms. The van der Waals surface area contributed by atoms with Crippen LogP contribution in [0.3, 0.4) is 0 Å². The first-order valence-electron chi connectivity index (χ1n) is 9.65. The first-order valence-corrected chi connectivity index (χ1v) is 10.4. The minimum atomic E-state index is -0.564. The van der Waals surface area contributed by atoms with E-state index < -0.39 is 11.7 Å². The third kappa shape index (κ3) is 5.77. The standard InChI is InChI=1S/C23H25Cl2N3O2/c1-23(2,3)30-22(29)27-16-7-10-21-17(14-16)20(26-11-12-28(21)4)9-6-15-5-8-18(24)19(25)13-15/h5-10,13-14H,11-12H2,1-4H3,(H,27,29)/b9-6+. The van der Waals surface area contributed by atoms with E-state index in [-0.39, 0.29) is 0 Å². The fourth-order valence-corrected chi connectivity index (χ4v) is 3.34. The molecule has 30 heavy (non-hydrogen) atoms. The maximum Gasteiger partial charge on any atom is 0.412 e. The molecule has 158 valence electrons. The molecule has 1 heterocycles. The molecule has 1 aliphatic heterocycles. The number of carbonyl (C=O) groups is 1. The van der Waals surface area contributed by atoms with Gasteiger partial charge in [-0.2, -0.15) is 0 Å². The fraction of sp³-hybridized carbons (Fsp3) is 0.304. The third-order valence-electron chi connectivity index (χ3n) is 4.42. The van der Waals surface area contributed by atoms with Crippen LogP contribution < -0.4 is 10.2 Å². The number of aliphatic imine (C=N–C) groups is 1. The maximum atomic E-state index is 12.2. The quantitative estimate of drug-likeness (QED) is 0.603. The van der Waals surface area contributed by atoms with Crippen molar-refractivity contribution in [3.63, 3.8) is 0 Å². The summed E-state index contributed by atoms with van der Waals surface area (Å²) in [5.41, 5.74) is 3.81. The van der Waals surface area contributed by atoms with E-state index in [0.717, 1.165) is 29.1 Å². The van der Waals surface area contributed by atoms with E-state index in [0.29, 0.717) is 22.3 Å². The monoisotopic (exact) mass is 445 g/mol. The molecule has 0 saturated heterocycles. The predicted octanol–water partition coefficient (Wildman–Crippen LogP) is 6.29. The number of hydrogen-bond donors (Lipinski definition) is 1. The van der Waals surface area contributed by atoms with Gasteiger partial charge in [0.15, 0.2) is 0 Å². The topological polar surface area (TPSA) is 53.9 Å². The second-order valence-electron chi connectivity index (χ2n) is 8.05. The number of hydrogen-bond acceptors (Lipinski definition) is 4. The number of nitrogens with one attached hydrogen (secondary N) is 1. The number of rotatable bonds is 3. The van der Waals surface area contributed by atoms with Crippen molar-refractivity contribution >= 4 is 52.5 Å². The molecule has 3 rings (SSSR count). The third-order valence-corrected chi connectivity index (χ3v) is 5.16. The molecule has 0 radical (unpaired) electrons.